The molecule has 0 bridgehead atoms. The Kier molecular flexibility index (Phi) is 4.39. The molecule has 3 heteroatoms. The molecule has 0 spiro atoms. The van der Waals surface area contributed by atoms with E-state index in [0.29, 0.717) is 12.1 Å². The van der Waals surface area contributed by atoms with Gasteiger partial charge in [-0.05, 0) is 30.2 Å². The summed E-state index contributed by atoms with van der Waals surface area (Å²) in [4.78, 5) is 0. The van der Waals surface area contributed by atoms with Crippen LogP contribution in [-0.2, 0) is 13.0 Å². The minimum Gasteiger partial charge on any atom is -0.494 e. The molecule has 0 amide bonds. The van der Waals surface area contributed by atoms with E-state index in [0.717, 1.165) is 12.1 Å². The maximum absolute atomic E-state index is 13.9. The number of ether oxygens (including phenoxy) is 1. The van der Waals surface area contributed by atoms with Gasteiger partial charge in [-0.3, -0.25) is 0 Å². The number of methoxy groups -OCH3 is 1. The summed E-state index contributed by atoms with van der Waals surface area (Å²) in [5, 5.41) is 3.21. The van der Waals surface area contributed by atoms with Crippen LogP contribution < -0.4 is 10.1 Å². The summed E-state index contributed by atoms with van der Waals surface area (Å²) in [6, 6.07) is 13.3. The van der Waals surface area contributed by atoms with Crippen molar-refractivity contribution in [1.29, 1.82) is 0 Å². The maximum Gasteiger partial charge on any atom is 0.170 e. The lowest BCUT2D eigenvalue weighted by Crippen LogP contribution is -2.03. The second-order valence-corrected chi connectivity index (χ2v) is 4.34. The molecule has 0 aliphatic carbocycles. The Labute approximate surface area is 113 Å². The second kappa shape index (κ2) is 6.23. The molecule has 0 fully saturated rings. The van der Waals surface area contributed by atoms with Gasteiger partial charge in [-0.15, -0.1) is 0 Å². The van der Waals surface area contributed by atoms with Crippen molar-refractivity contribution < 1.29 is 9.13 Å². The van der Waals surface area contributed by atoms with Gasteiger partial charge in [0, 0.05) is 17.8 Å². The van der Waals surface area contributed by atoms with Crippen LogP contribution in [0.5, 0.6) is 5.75 Å². The van der Waals surface area contributed by atoms with Crippen LogP contribution in [0.4, 0.5) is 10.1 Å². The van der Waals surface area contributed by atoms with E-state index in [2.05, 4.69) is 24.4 Å². The van der Waals surface area contributed by atoms with Crippen LogP contribution in [0.25, 0.3) is 0 Å². The minimum atomic E-state index is -0.303. The summed E-state index contributed by atoms with van der Waals surface area (Å²) in [6.45, 7) is 2.56. The lowest BCUT2D eigenvalue weighted by molar-refractivity contribution is 0.384. The van der Waals surface area contributed by atoms with E-state index in [1.165, 1.54) is 12.7 Å². The van der Waals surface area contributed by atoms with Crippen LogP contribution in [0.3, 0.4) is 0 Å². The molecule has 0 radical (unpaired) electrons. The van der Waals surface area contributed by atoms with Gasteiger partial charge in [0.05, 0.1) is 7.11 Å². The molecule has 2 nitrogen and oxygen atoms in total. The number of rotatable bonds is 5. The molecule has 0 aliphatic heterocycles. The molecule has 0 aliphatic rings. The van der Waals surface area contributed by atoms with E-state index < -0.39 is 0 Å². The van der Waals surface area contributed by atoms with E-state index in [9.17, 15) is 4.39 Å². The number of anilines is 1. The number of benzene rings is 2. The lowest BCUT2D eigenvalue weighted by Gasteiger charge is -2.10. The molecule has 0 saturated carbocycles. The van der Waals surface area contributed by atoms with Crippen molar-refractivity contribution in [2.45, 2.75) is 19.9 Å². The van der Waals surface area contributed by atoms with Gasteiger partial charge in [0.15, 0.2) is 11.6 Å². The Bertz CT molecular complexity index is 537. The summed E-state index contributed by atoms with van der Waals surface area (Å²) >= 11 is 0. The van der Waals surface area contributed by atoms with Crippen LogP contribution in [0, 0.1) is 5.82 Å². The van der Waals surface area contributed by atoms with Gasteiger partial charge in [-0.1, -0.05) is 31.2 Å². The van der Waals surface area contributed by atoms with Crippen LogP contribution in [0.15, 0.2) is 42.5 Å². The van der Waals surface area contributed by atoms with Crippen molar-refractivity contribution >= 4 is 5.69 Å². The Balaban J connectivity index is 2.05. The molecule has 100 valence electrons. The highest BCUT2D eigenvalue weighted by Crippen LogP contribution is 2.21. The monoisotopic (exact) mass is 259 g/mol. The molecule has 0 unspecified atom stereocenters. The zero-order chi connectivity index (χ0) is 13.7. The molecular weight excluding hydrogens is 241 g/mol. The van der Waals surface area contributed by atoms with E-state index in [-0.39, 0.29) is 11.6 Å². The van der Waals surface area contributed by atoms with Crippen LogP contribution in [-0.4, -0.2) is 7.11 Å². The zero-order valence-corrected chi connectivity index (χ0v) is 11.2. The molecule has 0 heterocycles. The molecule has 19 heavy (non-hydrogen) atoms. The highest BCUT2D eigenvalue weighted by molar-refractivity contribution is 5.45. The SMILES string of the molecule is CCc1ccc(NCc2cccc(OC)c2F)cc1. The Hall–Kier alpha value is -2.03. The van der Waals surface area contributed by atoms with Gasteiger partial charge < -0.3 is 10.1 Å². The van der Waals surface area contributed by atoms with E-state index in [4.69, 9.17) is 4.74 Å². The molecule has 0 saturated heterocycles. The Morgan fingerprint density at radius 2 is 1.84 bits per heavy atom. The standard InChI is InChI=1S/C16H18FNO/c1-3-12-7-9-14(10-8-12)18-11-13-5-4-6-15(19-2)16(13)17/h4-10,18H,3,11H2,1-2H3. The number of hydrogen-bond donors (Lipinski definition) is 1. The van der Waals surface area contributed by atoms with Gasteiger partial charge in [0.1, 0.15) is 0 Å². The normalized spacial score (nSPS) is 10.3. The first-order valence-electron chi connectivity index (χ1n) is 6.38. The minimum absolute atomic E-state index is 0.278. The first-order chi connectivity index (χ1) is 9.24. The number of nitrogens with one attached hydrogen (secondary N) is 1. The average molecular weight is 259 g/mol. The third kappa shape index (κ3) is 3.25. The molecule has 1 N–H and O–H groups in total. The van der Waals surface area contributed by atoms with Gasteiger partial charge in [0.2, 0.25) is 0 Å². The average Bonchev–Trinajstić information content (AvgIpc) is 2.47. The fraction of sp³-hybridized carbons (Fsp3) is 0.250. The summed E-state index contributed by atoms with van der Waals surface area (Å²) in [7, 11) is 1.47. The van der Waals surface area contributed by atoms with Crippen molar-refractivity contribution in [3.8, 4) is 5.75 Å². The molecular formula is C16H18FNO. The van der Waals surface area contributed by atoms with E-state index in [1.54, 1.807) is 18.2 Å². The molecule has 2 aromatic carbocycles. The van der Waals surface area contributed by atoms with E-state index >= 15 is 0 Å². The molecule has 2 aromatic rings. The third-order valence-corrected chi connectivity index (χ3v) is 3.11. The van der Waals surface area contributed by atoms with Crippen molar-refractivity contribution in [2.24, 2.45) is 0 Å². The quantitative estimate of drug-likeness (QED) is 0.876. The molecule has 0 aromatic heterocycles. The summed E-state index contributed by atoms with van der Waals surface area (Å²) < 4.78 is 18.9. The number of halogens is 1. The van der Waals surface area contributed by atoms with Gasteiger partial charge in [-0.25, -0.2) is 4.39 Å². The lowest BCUT2D eigenvalue weighted by atomic mass is 10.1. The summed E-state index contributed by atoms with van der Waals surface area (Å²) in [5.74, 6) is -0.0247. The van der Waals surface area contributed by atoms with Crippen molar-refractivity contribution in [3.63, 3.8) is 0 Å². The zero-order valence-electron chi connectivity index (χ0n) is 11.2. The first kappa shape index (κ1) is 13.4. The number of aryl methyl sites for hydroxylation is 1. The van der Waals surface area contributed by atoms with Gasteiger partial charge in [-0.2, -0.15) is 0 Å². The van der Waals surface area contributed by atoms with Crippen molar-refractivity contribution in [3.05, 3.63) is 59.4 Å². The summed E-state index contributed by atoms with van der Waals surface area (Å²) in [6.07, 6.45) is 1.02. The van der Waals surface area contributed by atoms with Crippen molar-refractivity contribution in [2.75, 3.05) is 12.4 Å². The topological polar surface area (TPSA) is 21.3 Å². The highest BCUT2D eigenvalue weighted by atomic mass is 19.1. The Morgan fingerprint density at radius 3 is 2.47 bits per heavy atom. The highest BCUT2D eigenvalue weighted by Gasteiger charge is 2.07. The predicted molar refractivity (Wildman–Crippen MR) is 76.1 cm³/mol. The summed E-state index contributed by atoms with van der Waals surface area (Å²) in [5.41, 5.74) is 2.87. The second-order valence-electron chi connectivity index (χ2n) is 4.34. The smallest absolute Gasteiger partial charge is 0.170 e. The number of hydrogen-bond acceptors (Lipinski definition) is 2. The first-order valence-corrected chi connectivity index (χ1v) is 6.38. The largest absolute Gasteiger partial charge is 0.494 e. The van der Waals surface area contributed by atoms with Gasteiger partial charge >= 0.3 is 0 Å². The van der Waals surface area contributed by atoms with Crippen LogP contribution in [0.1, 0.15) is 18.1 Å². The molecule has 2 rings (SSSR count). The molecule has 0 atom stereocenters. The van der Waals surface area contributed by atoms with E-state index in [1.807, 2.05) is 12.1 Å². The van der Waals surface area contributed by atoms with Crippen LogP contribution in [0.2, 0.25) is 0 Å². The van der Waals surface area contributed by atoms with Crippen molar-refractivity contribution in [1.82, 2.24) is 0 Å². The van der Waals surface area contributed by atoms with Crippen LogP contribution >= 0.6 is 0 Å². The third-order valence-electron chi connectivity index (χ3n) is 3.11. The fourth-order valence-corrected chi connectivity index (χ4v) is 1.91. The predicted octanol–water partition coefficient (Wildman–Crippen LogP) is 4.01. The maximum atomic E-state index is 13.9. The Morgan fingerprint density at radius 1 is 1.11 bits per heavy atom. The van der Waals surface area contributed by atoms with Gasteiger partial charge in [0.25, 0.3) is 0 Å². The fourth-order valence-electron chi connectivity index (χ4n) is 1.91.